The van der Waals surface area contributed by atoms with Crippen LogP contribution in [-0.2, 0) is 11.3 Å². The number of rotatable bonds is 5. The fourth-order valence-electron chi connectivity index (χ4n) is 3.57. The molecule has 29 heavy (non-hydrogen) atoms. The van der Waals surface area contributed by atoms with Gasteiger partial charge in [0.05, 0.1) is 6.54 Å². The summed E-state index contributed by atoms with van der Waals surface area (Å²) in [6.07, 6.45) is 1.67. The van der Waals surface area contributed by atoms with Crippen LogP contribution in [0.4, 0.5) is 5.69 Å². The van der Waals surface area contributed by atoms with Gasteiger partial charge in [-0.3, -0.25) is 9.69 Å². The maximum Gasteiger partial charge on any atom is 0.257 e. The van der Waals surface area contributed by atoms with Crippen molar-refractivity contribution in [1.29, 1.82) is 0 Å². The second kappa shape index (κ2) is 8.57. The summed E-state index contributed by atoms with van der Waals surface area (Å²) in [7, 11) is 0. The molecule has 0 atom stereocenters. The molecule has 1 aliphatic rings. The van der Waals surface area contributed by atoms with Crippen molar-refractivity contribution in [2.45, 2.75) is 33.2 Å². The molecule has 4 rings (SSSR count). The standard InChI is InChI=1S/C23H26N4O2/c1-16-3-7-19(8-4-16)23-25-21(26-29-23)15-27-13-11-18(12-14-27)22(28)24-20-9-5-17(2)6-10-20/h3-10,18H,11-15H2,1-2H3,(H,24,28). The lowest BCUT2D eigenvalue weighted by atomic mass is 9.96. The number of hydrogen-bond donors (Lipinski definition) is 1. The molecule has 150 valence electrons. The van der Waals surface area contributed by atoms with Crippen LogP contribution in [0.2, 0.25) is 0 Å². The van der Waals surface area contributed by atoms with Crippen LogP contribution >= 0.6 is 0 Å². The highest BCUT2D eigenvalue weighted by atomic mass is 16.5. The summed E-state index contributed by atoms with van der Waals surface area (Å²) in [4.78, 5) is 19.3. The third kappa shape index (κ3) is 4.90. The second-order valence-corrected chi connectivity index (χ2v) is 7.79. The Morgan fingerprint density at radius 3 is 2.31 bits per heavy atom. The summed E-state index contributed by atoms with van der Waals surface area (Å²) in [5.41, 5.74) is 4.17. The molecule has 1 amide bonds. The number of piperidine rings is 1. The lowest BCUT2D eigenvalue weighted by Crippen LogP contribution is -2.38. The van der Waals surface area contributed by atoms with Gasteiger partial charge < -0.3 is 9.84 Å². The van der Waals surface area contributed by atoms with E-state index in [1.807, 2.05) is 62.4 Å². The van der Waals surface area contributed by atoms with E-state index >= 15 is 0 Å². The van der Waals surface area contributed by atoms with Crippen molar-refractivity contribution in [1.82, 2.24) is 15.0 Å². The summed E-state index contributed by atoms with van der Waals surface area (Å²) in [5, 5.41) is 7.15. The molecule has 2 aromatic carbocycles. The fourth-order valence-corrected chi connectivity index (χ4v) is 3.57. The van der Waals surface area contributed by atoms with Gasteiger partial charge in [0.25, 0.3) is 5.89 Å². The minimum Gasteiger partial charge on any atom is -0.334 e. The van der Waals surface area contributed by atoms with Crippen LogP contribution in [0.25, 0.3) is 11.5 Å². The normalized spacial score (nSPS) is 15.4. The van der Waals surface area contributed by atoms with Crippen LogP contribution in [0.3, 0.4) is 0 Å². The molecule has 0 radical (unpaired) electrons. The molecule has 6 nitrogen and oxygen atoms in total. The van der Waals surface area contributed by atoms with Crippen molar-refractivity contribution in [3.05, 3.63) is 65.5 Å². The average Bonchev–Trinajstić information content (AvgIpc) is 3.19. The molecular weight excluding hydrogens is 364 g/mol. The minimum absolute atomic E-state index is 0.0425. The molecule has 0 saturated carbocycles. The van der Waals surface area contributed by atoms with Gasteiger partial charge in [0.15, 0.2) is 5.82 Å². The SMILES string of the molecule is Cc1ccc(NC(=O)C2CCN(Cc3noc(-c4ccc(C)cc4)n3)CC2)cc1. The van der Waals surface area contributed by atoms with Gasteiger partial charge >= 0.3 is 0 Å². The van der Waals surface area contributed by atoms with Crippen LogP contribution < -0.4 is 5.32 Å². The Hall–Kier alpha value is -2.99. The third-order valence-corrected chi connectivity index (χ3v) is 5.41. The molecular formula is C23H26N4O2. The Morgan fingerprint density at radius 1 is 1.03 bits per heavy atom. The highest BCUT2D eigenvalue weighted by Gasteiger charge is 2.26. The van der Waals surface area contributed by atoms with Crippen LogP contribution in [0, 0.1) is 19.8 Å². The van der Waals surface area contributed by atoms with Crippen molar-refractivity contribution in [3.63, 3.8) is 0 Å². The molecule has 1 aliphatic heterocycles. The van der Waals surface area contributed by atoms with E-state index in [1.54, 1.807) is 0 Å². The van der Waals surface area contributed by atoms with Crippen molar-refractivity contribution in [2.75, 3.05) is 18.4 Å². The van der Waals surface area contributed by atoms with Gasteiger partial charge in [0.1, 0.15) is 0 Å². The van der Waals surface area contributed by atoms with Gasteiger partial charge in [0.2, 0.25) is 5.91 Å². The first-order valence-electron chi connectivity index (χ1n) is 10.1. The highest BCUT2D eigenvalue weighted by molar-refractivity contribution is 5.92. The number of anilines is 1. The van der Waals surface area contributed by atoms with Crippen molar-refractivity contribution >= 4 is 11.6 Å². The zero-order valence-electron chi connectivity index (χ0n) is 16.9. The fraction of sp³-hybridized carbons (Fsp3) is 0.348. The molecule has 0 aliphatic carbocycles. The van der Waals surface area contributed by atoms with E-state index in [4.69, 9.17) is 4.52 Å². The van der Waals surface area contributed by atoms with E-state index in [0.29, 0.717) is 18.3 Å². The third-order valence-electron chi connectivity index (χ3n) is 5.41. The Balaban J connectivity index is 1.28. The number of aromatic nitrogens is 2. The topological polar surface area (TPSA) is 71.3 Å². The van der Waals surface area contributed by atoms with Crippen LogP contribution in [-0.4, -0.2) is 34.0 Å². The maximum atomic E-state index is 12.5. The number of likely N-dealkylation sites (tertiary alicyclic amines) is 1. The van der Waals surface area contributed by atoms with Gasteiger partial charge in [0, 0.05) is 17.2 Å². The molecule has 3 aromatic rings. The van der Waals surface area contributed by atoms with Gasteiger partial charge in [-0.2, -0.15) is 4.98 Å². The first-order valence-corrected chi connectivity index (χ1v) is 10.1. The summed E-state index contributed by atoms with van der Waals surface area (Å²) < 4.78 is 5.41. The Bertz CT molecular complexity index is 955. The van der Waals surface area contributed by atoms with Gasteiger partial charge in [-0.25, -0.2) is 0 Å². The van der Waals surface area contributed by atoms with Crippen LogP contribution in [0.5, 0.6) is 0 Å². The van der Waals surface area contributed by atoms with E-state index in [2.05, 4.69) is 20.4 Å². The number of amides is 1. The number of hydrogen-bond acceptors (Lipinski definition) is 5. The Kier molecular flexibility index (Phi) is 5.71. The highest BCUT2D eigenvalue weighted by Crippen LogP contribution is 2.22. The average molecular weight is 390 g/mol. The van der Waals surface area contributed by atoms with E-state index < -0.39 is 0 Å². The Labute approximate surface area is 170 Å². The predicted octanol–water partition coefficient (Wildman–Crippen LogP) is 4.20. The van der Waals surface area contributed by atoms with E-state index in [-0.39, 0.29) is 11.8 Å². The smallest absolute Gasteiger partial charge is 0.257 e. The number of aryl methyl sites for hydroxylation is 2. The number of benzene rings is 2. The van der Waals surface area contributed by atoms with Gasteiger partial charge in [-0.05, 0) is 64.0 Å². The molecule has 6 heteroatoms. The summed E-state index contributed by atoms with van der Waals surface area (Å²) in [5.74, 6) is 1.38. The zero-order chi connectivity index (χ0) is 20.2. The maximum absolute atomic E-state index is 12.5. The molecule has 1 saturated heterocycles. The quantitative estimate of drug-likeness (QED) is 0.707. The van der Waals surface area contributed by atoms with E-state index in [9.17, 15) is 4.79 Å². The number of nitrogens with one attached hydrogen (secondary N) is 1. The van der Waals surface area contributed by atoms with Gasteiger partial charge in [-0.1, -0.05) is 40.5 Å². The predicted molar refractivity (Wildman–Crippen MR) is 112 cm³/mol. The van der Waals surface area contributed by atoms with Gasteiger partial charge in [-0.15, -0.1) is 0 Å². The van der Waals surface area contributed by atoms with Crippen molar-refractivity contribution in [2.24, 2.45) is 5.92 Å². The minimum atomic E-state index is 0.0425. The monoisotopic (exact) mass is 390 g/mol. The molecule has 1 aromatic heterocycles. The molecule has 1 fully saturated rings. The number of carbonyl (C=O) groups excluding carboxylic acids is 1. The summed E-state index contributed by atoms with van der Waals surface area (Å²) in [6.45, 7) is 6.42. The summed E-state index contributed by atoms with van der Waals surface area (Å²) >= 11 is 0. The molecule has 1 N–H and O–H groups in total. The lowest BCUT2D eigenvalue weighted by molar-refractivity contribution is -0.121. The molecule has 0 spiro atoms. The first-order chi connectivity index (χ1) is 14.1. The lowest BCUT2D eigenvalue weighted by Gasteiger charge is -2.30. The zero-order valence-corrected chi connectivity index (χ0v) is 16.9. The number of nitrogens with zero attached hydrogens (tertiary/aromatic N) is 3. The van der Waals surface area contributed by atoms with Crippen molar-refractivity contribution in [3.8, 4) is 11.5 Å². The second-order valence-electron chi connectivity index (χ2n) is 7.79. The van der Waals surface area contributed by atoms with E-state index in [0.717, 1.165) is 37.2 Å². The first kappa shape index (κ1) is 19.3. The van der Waals surface area contributed by atoms with Crippen LogP contribution in [0.1, 0.15) is 29.8 Å². The van der Waals surface area contributed by atoms with Crippen LogP contribution in [0.15, 0.2) is 53.1 Å². The molecule has 0 unspecified atom stereocenters. The van der Waals surface area contributed by atoms with E-state index in [1.165, 1.54) is 11.1 Å². The van der Waals surface area contributed by atoms with Crippen molar-refractivity contribution < 1.29 is 9.32 Å². The largest absolute Gasteiger partial charge is 0.334 e. The number of carbonyl (C=O) groups is 1. The summed E-state index contributed by atoms with van der Waals surface area (Å²) in [6, 6.07) is 16.0. The molecule has 2 heterocycles. The Morgan fingerprint density at radius 2 is 1.66 bits per heavy atom. The molecule has 0 bridgehead atoms.